The summed E-state index contributed by atoms with van der Waals surface area (Å²) in [4.78, 5) is 6.94. The summed E-state index contributed by atoms with van der Waals surface area (Å²) in [7, 11) is 0. The van der Waals surface area contributed by atoms with Gasteiger partial charge in [-0.15, -0.1) is 24.0 Å². The molecular weight excluding hydrogens is 459 g/mol. The van der Waals surface area contributed by atoms with Crippen molar-refractivity contribution in [3.63, 3.8) is 0 Å². The third-order valence-corrected chi connectivity index (χ3v) is 4.51. The van der Waals surface area contributed by atoms with Crippen molar-refractivity contribution >= 4 is 29.9 Å². The van der Waals surface area contributed by atoms with E-state index in [0.29, 0.717) is 25.6 Å². The van der Waals surface area contributed by atoms with E-state index in [2.05, 4.69) is 34.4 Å². The van der Waals surface area contributed by atoms with Crippen LogP contribution in [0.5, 0.6) is 0 Å². The summed E-state index contributed by atoms with van der Waals surface area (Å²) in [5.74, 6) is 2.11. The summed E-state index contributed by atoms with van der Waals surface area (Å²) in [5.41, 5.74) is 0. The molecule has 1 aliphatic carbocycles. The number of nitrogens with zero attached hydrogens (tertiary/aromatic N) is 2. The molecule has 0 radical (unpaired) electrons. The van der Waals surface area contributed by atoms with E-state index in [-0.39, 0.29) is 30.1 Å². The Morgan fingerprint density at radius 3 is 2.78 bits per heavy atom. The molecule has 7 nitrogen and oxygen atoms in total. The minimum atomic E-state index is -0.559. The first kappa shape index (κ1) is 24.9. The van der Waals surface area contributed by atoms with Crippen molar-refractivity contribution in [2.24, 2.45) is 16.8 Å². The van der Waals surface area contributed by atoms with Crippen molar-refractivity contribution in [2.45, 2.75) is 45.8 Å². The number of aliphatic hydroxyl groups is 1. The minimum Gasteiger partial charge on any atom is -0.389 e. The average Bonchev–Trinajstić information content (AvgIpc) is 3.41. The minimum absolute atomic E-state index is 0. The van der Waals surface area contributed by atoms with Gasteiger partial charge in [0.05, 0.1) is 32.0 Å². The van der Waals surface area contributed by atoms with Crippen LogP contribution in [0, 0.1) is 11.8 Å². The number of ether oxygens (including phenoxy) is 2. The Morgan fingerprint density at radius 1 is 1.33 bits per heavy atom. The lowest BCUT2D eigenvalue weighted by Gasteiger charge is -2.34. The normalized spacial score (nSPS) is 22.4. The fourth-order valence-electron chi connectivity index (χ4n) is 3.04. The third kappa shape index (κ3) is 11.4. The van der Waals surface area contributed by atoms with Crippen LogP contribution in [-0.4, -0.2) is 87.3 Å². The second-order valence-electron chi connectivity index (χ2n) is 7.88. The first-order chi connectivity index (χ1) is 12.6. The van der Waals surface area contributed by atoms with E-state index in [1.807, 2.05) is 6.92 Å². The van der Waals surface area contributed by atoms with Crippen molar-refractivity contribution < 1.29 is 14.6 Å². The van der Waals surface area contributed by atoms with Crippen molar-refractivity contribution in [3.05, 3.63) is 0 Å². The maximum Gasteiger partial charge on any atom is 0.191 e. The third-order valence-electron chi connectivity index (χ3n) is 4.51. The lowest BCUT2D eigenvalue weighted by Crippen LogP contribution is -2.50. The molecule has 2 atom stereocenters. The molecule has 1 aliphatic heterocycles. The van der Waals surface area contributed by atoms with Crippen molar-refractivity contribution in [1.82, 2.24) is 15.5 Å². The number of halogens is 1. The zero-order valence-electron chi connectivity index (χ0n) is 17.2. The summed E-state index contributed by atoms with van der Waals surface area (Å²) in [6.45, 7) is 13.3. The highest BCUT2D eigenvalue weighted by atomic mass is 127. The highest BCUT2D eigenvalue weighted by Crippen LogP contribution is 2.28. The van der Waals surface area contributed by atoms with Gasteiger partial charge in [0.2, 0.25) is 0 Å². The predicted octanol–water partition coefficient (Wildman–Crippen LogP) is 1.30. The molecule has 2 rings (SSSR count). The quantitative estimate of drug-likeness (QED) is 0.227. The molecular formula is C19H39IN4O3. The molecule has 1 saturated heterocycles. The Labute approximate surface area is 181 Å². The van der Waals surface area contributed by atoms with E-state index in [4.69, 9.17) is 9.47 Å². The number of hydrogen-bond acceptors (Lipinski definition) is 5. The molecule has 2 aliphatic rings. The molecule has 8 heteroatoms. The zero-order chi connectivity index (χ0) is 18.8. The zero-order valence-corrected chi connectivity index (χ0v) is 19.5. The molecule has 3 N–H and O–H groups in total. The van der Waals surface area contributed by atoms with Crippen LogP contribution in [0.1, 0.15) is 33.6 Å². The lowest BCUT2D eigenvalue weighted by molar-refractivity contribution is -0.0284. The number of nitrogens with one attached hydrogen (secondary N) is 2. The van der Waals surface area contributed by atoms with Crippen LogP contribution in [0.2, 0.25) is 0 Å². The SMILES string of the molecule is CCNC(=NCC(O)COCC1CC1)NCC1CN(CC(C)C)CCO1.I. The molecule has 0 spiro atoms. The summed E-state index contributed by atoms with van der Waals surface area (Å²) >= 11 is 0. The van der Waals surface area contributed by atoms with E-state index >= 15 is 0 Å². The number of rotatable bonds is 11. The Kier molecular flexibility index (Phi) is 12.8. The van der Waals surface area contributed by atoms with Crippen LogP contribution in [-0.2, 0) is 9.47 Å². The number of guanidine groups is 1. The van der Waals surface area contributed by atoms with Crippen molar-refractivity contribution in [3.8, 4) is 0 Å². The Hall–Kier alpha value is -0.160. The molecule has 1 saturated carbocycles. The van der Waals surface area contributed by atoms with E-state index in [9.17, 15) is 5.11 Å². The van der Waals surface area contributed by atoms with Gasteiger partial charge in [-0.05, 0) is 31.6 Å². The van der Waals surface area contributed by atoms with Gasteiger partial charge >= 0.3 is 0 Å². The summed E-state index contributed by atoms with van der Waals surface area (Å²) in [5, 5.41) is 16.6. The standard InChI is InChI=1S/C19H38N4O3.HI/c1-4-20-19(21-9-17(24)14-25-13-16-5-6-16)22-10-18-12-23(7-8-26-18)11-15(2)3;/h15-18,24H,4-14H2,1-3H3,(H2,20,21,22);1H. The monoisotopic (exact) mass is 498 g/mol. The molecule has 0 aromatic rings. The number of hydrogen-bond donors (Lipinski definition) is 3. The molecule has 0 aromatic carbocycles. The van der Waals surface area contributed by atoms with Gasteiger partial charge in [0.25, 0.3) is 0 Å². The van der Waals surface area contributed by atoms with Gasteiger partial charge in [-0.25, -0.2) is 0 Å². The highest BCUT2D eigenvalue weighted by molar-refractivity contribution is 14.0. The molecule has 27 heavy (non-hydrogen) atoms. The van der Waals surface area contributed by atoms with Crippen LogP contribution in [0.25, 0.3) is 0 Å². The maximum atomic E-state index is 10.0. The number of aliphatic hydroxyl groups excluding tert-OH is 1. The summed E-state index contributed by atoms with van der Waals surface area (Å²) in [6, 6.07) is 0. The molecule has 0 bridgehead atoms. The van der Waals surface area contributed by atoms with E-state index < -0.39 is 6.10 Å². The van der Waals surface area contributed by atoms with Gasteiger partial charge in [0.1, 0.15) is 0 Å². The average molecular weight is 498 g/mol. The smallest absolute Gasteiger partial charge is 0.191 e. The second-order valence-corrected chi connectivity index (χ2v) is 7.88. The lowest BCUT2D eigenvalue weighted by atomic mass is 10.2. The second kappa shape index (κ2) is 13.9. The van der Waals surface area contributed by atoms with Gasteiger partial charge in [0, 0.05) is 39.3 Å². The molecule has 160 valence electrons. The topological polar surface area (TPSA) is 78.4 Å². The summed E-state index contributed by atoms with van der Waals surface area (Å²) < 4.78 is 11.4. The van der Waals surface area contributed by atoms with Gasteiger partial charge in [-0.1, -0.05) is 13.8 Å². The first-order valence-corrected chi connectivity index (χ1v) is 10.2. The molecule has 2 unspecified atom stereocenters. The van der Waals surface area contributed by atoms with Gasteiger partial charge in [0.15, 0.2) is 5.96 Å². The number of morpholine rings is 1. The highest BCUT2D eigenvalue weighted by Gasteiger charge is 2.22. The first-order valence-electron chi connectivity index (χ1n) is 10.2. The van der Waals surface area contributed by atoms with Crippen LogP contribution in [0.15, 0.2) is 4.99 Å². The fourth-order valence-corrected chi connectivity index (χ4v) is 3.04. The fraction of sp³-hybridized carbons (Fsp3) is 0.947. The van der Waals surface area contributed by atoms with E-state index in [1.54, 1.807) is 0 Å². The predicted molar refractivity (Wildman–Crippen MR) is 120 cm³/mol. The molecule has 0 amide bonds. The van der Waals surface area contributed by atoms with E-state index in [1.165, 1.54) is 12.8 Å². The van der Waals surface area contributed by atoms with Crippen molar-refractivity contribution in [2.75, 3.05) is 59.1 Å². The Morgan fingerprint density at radius 2 is 2.11 bits per heavy atom. The van der Waals surface area contributed by atoms with Gasteiger partial charge in [-0.3, -0.25) is 9.89 Å². The van der Waals surface area contributed by atoms with Gasteiger partial charge in [-0.2, -0.15) is 0 Å². The van der Waals surface area contributed by atoms with Crippen LogP contribution < -0.4 is 10.6 Å². The number of aliphatic imine (C=N–C) groups is 1. The molecule has 0 aromatic heterocycles. The van der Waals surface area contributed by atoms with Crippen LogP contribution in [0.3, 0.4) is 0 Å². The largest absolute Gasteiger partial charge is 0.389 e. The molecule has 2 fully saturated rings. The van der Waals surface area contributed by atoms with Crippen molar-refractivity contribution in [1.29, 1.82) is 0 Å². The van der Waals surface area contributed by atoms with Crippen LogP contribution >= 0.6 is 24.0 Å². The Bertz CT molecular complexity index is 422. The summed E-state index contributed by atoms with van der Waals surface area (Å²) in [6.07, 6.45) is 2.14. The molecule has 1 heterocycles. The Balaban J connectivity index is 0.00000364. The van der Waals surface area contributed by atoms with Crippen LogP contribution in [0.4, 0.5) is 0 Å². The van der Waals surface area contributed by atoms with E-state index in [0.717, 1.165) is 51.3 Å². The maximum absolute atomic E-state index is 10.0. The van der Waals surface area contributed by atoms with Gasteiger partial charge < -0.3 is 25.2 Å².